The molecule has 0 fully saturated rings. The molecular formula is C15H11BrFIO. The van der Waals surface area contributed by atoms with Gasteiger partial charge in [0.05, 0.1) is 0 Å². The van der Waals surface area contributed by atoms with Crippen molar-refractivity contribution in [3.8, 4) is 0 Å². The normalized spacial score (nSPS) is 10.5. The summed E-state index contributed by atoms with van der Waals surface area (Å²) >= 11 is 5.40. The summed E-state index contributed by atoms with van der Waals surface area (Å²) in [7, 11) is 0. The molecule has 0 aromatic heterocycles. The van der Waals surface area contributed by atoms with Crippen LogP contribution in [0, 0.1) is 16.3 Å². The van der Waals surface area contributed by atoms with E-state index >= 15 is 0 Å². The monoisotopic (exact) mass is 432 g/mol. The number of halogens is 3. The van der Waals surface area contributed by atoms with E-state index in [1.165, 1.54) is 12.1 Å². The number of carbonyl (C=O) groups excluding carboxylic acids is 1. The SMILES string of the molecule is Cc1cccc(C(=O)Cc2cc(F)cc(Br)c2)c1I. The molecule has 0 aliphatic carbocycles. The molecule has 0 N–H and O–H groups in total. The van der Waals surface area contributed by atoms with Crippen molar-refractivity contribution in [3.63, 3.8) is 0 Å². The van der Waals surface area contributed by atoms with Crippen LogP contribution >= 0.6 is 38.5 Å². The minimum absolute atomic E-state index is 0.00519. The lowest BCUT2D eigenvalue weighted by molar-refractivity contribution is 0.0992. The summed E-state index contributed by atoms with van der Waals surface area (Å²) in [6.07, 6.45) is 0.204. The molecule has 0 amide bonds. The lowest BCUT2D eigenvalue weighted by Crippen LogP contribution is -2.07. The highest BCUT2D eigenvalue weighted by Crippen LogP contribution is 2.20. The molecule has 2 rings (SSSR count). The predicted molar refractivity (Wildman–Crippen MR) is 86.0 cm³/mol. The van der Waals surface area contributed by atoms with Crippen molar-refractivity contribution in [2.45, 2.75) is 13.3 Å². The largest absolute Gasteiger partial charge is 0.294 e. The Morgan fingerprint density at radius 3 is 2.74 bits per heavy atom. The van der Waals surface area contributed by atoms with Gasteiger partial charge < -0.3 is 0 Å². The Bertz CT molecular complexity index is 620. The first-order valence-electron chi connectivity index (χ1n) is 5.70. The van der Waals surface area contributed by atoms with Gasteiger partial charge in [-0.2, -0.15) is 0 Å². The molecule has 98 valence electrons. The second-order valence-corrected chi connectivity index (χ2v) is 6.31. The number of hydrogen-bond acceptors (Lipinski definition) is 1. The van der Waals surface area contributed by atoms with Crippen LogP contribution in [0.15, 0.2) is 40.9 Å². The van der Waals surface area contributed by atoms with Gasteiger partial charge in [0.25, 0.3) is 0 Å². The van der Waals surface area contributed by atoms with Crippen LogP contribution in [-0.2, 0) is 6.42 Å². The summed E-state index contributed by atoms with van der Waals surface area (Å²) < 4.78 is 14.9. The number of aryl methyl sites for hydroxylation is 1. The van der Waals surface area contributed by atoms with E-state index in [0.717, 1.165) is 9.13 Å². The van der Waals surface area contributed by atoms with Gasteiger partial charge in [-0.3, -0.25) is 4.79 Å². The van der Waals surface area contributed by atoms with E-state index in [0.29, 0.717) is 15.6 Å². The molecule has 0 unspecified atom stereocenters. The zero-order valence-corrected chi connectivity index (χ0v) is 14.0. The molecule has 19 heavy (non-hydrogen) atoms. The number of Topliss-reactive ketones (excluding diaryl/α,β-unsaturated/α-hetero) is 1. The number of carbonyl (C=O) groups is 1. The fraction of sp³-hybridized carbons (Fsp3) is 0.133. The smallest absolute Gasteiger partial charge is 0.168 e. The Labute approximate surface area is 133 Å². The highest BCUT2D eigenvalue weighted by Gasteiger charge is 2.12. The predicted octanol–water partition coefficient (Wildman–Crippen LogP) is 4.93. The van der Waals surface area contributed by atoms with Crippen molar-refractivity contribution >= 4 is 44.3 Å². The van der Waals surface area contributed by atoms with Crippen molar-refractivity contribution in [2.24, 2.45) is 0 Å². The van der Waals surface area contributed by atoms with Gasteiger partial charge in [0.1, 0.15) is 5.82 Å². The molecule has 0 saturated carbocycles. The maximum Gasteiger partial charge on any atom is 0.168 e. The van der Waals surface area contributed by atoms with Crippen LogP contribution in [0.25, 0.3) is 0 Å². The van der Waals surface area contributed by atoms with Gasteiger partial charge in [-0.05, 0) is 58.8 Å². The van der Waals surface area contributed by atoms with Gasteiger partial charge in [0.15, 0.2) is 5.78 Å². The molecular weight excluding hydrogens is 422 g/mol. The number of ketones is 1. The van der Waals surface area contributed by atoms with Gasteiger partial charge in [0, 0.05) is 20.0 Å². The molecule has 0 radical (unpaired) electrons. The zero-order chi connectivity index (χ0) is 14.0. The lowest BCUT2D eigenvalue weighted by Gasteiger charge is -2.07. The Morgan fingerprint density at radius 1 is 1.32 bits per heavy atom. The van der Waals surface area contributed by atoms with Crippen LogP contribution in [0.1, 0.15) is 21.5 Å². The summed E-state index contributed by atoms with van der Waals surface area (Å²) in [4.78, 5) is 12.3. The first kappa shape index (κ1) is 14.7. The number of rotatable bonds is 3. The maximum absolute atomic E-state index is 13.3. The van der Waals surface area contributed by atoms with Gasteiger partial charge in [-0.1, -0.05) is 34.1 Å². The van der Waals surface area contributed by atoms with Crippen molar-refractivity contribution in [1.82, 2.24) is 0 Å². The van der Waals surface area contributed by atoms with E-state index in [-0.39, 0.29) is 18.0 Å². The quantitative estimate of drug-likeness (QED) is 0.496. The first-order valence-corrected chi connectivity index (χ1v) is 7.58. The van der Waals surface area contributed by atoms with E-state index in [1.807, 2.05) is 25.1 Å². The van der Waals surface area contributed by atoms with E-state index in [4.69, 9.17) is 0 Å². The van der Waals surface area contributed by atoms with E-state index in [9.17, 15) is 9.18 Å². The van der Waals surface area contributed by atoms with Crippen LogP contribution in [0.3, 0.4) is 0 Å². The Balaban J connectivity index is 2.28. The fourth-order valence-electron chi connectivity index (χ4n) is 1.86. The third-order valence-corrected chi connectivity index (χ3v) is 4.67. The minimum Gasteiger partial charge on any atom is -0.294 e. The molecule has 0 atom stereocenters. The molecule has 0 spiro atoms. The van der Waals surface area contributed by atoms with Gasteiger partial charge in [-0.15, -0.1) is 0 Å². The maximum atomic E-state index is 13.3. The van der Waals surface area contributed by atoms with Gasteiger partial charge >= 0.3 is 0 Å². The first-order chi connectivity index (χ1) is 8.97. The zero-order valence-electron chi connectivity index (χ0n) is 10.2. The van der Waals surface area contributed by atoms with Gasteiger partial charge in [0.2, 0.25) is 0 Å². The lowest BCUT2D eigenvalue weighted by atomic mass is 10.0. The standard InChI is InChI=1S/C15H11BrFIO/c1-9-3-2-4-13(15(9)18)14(19)7-10-5-11(16)8-12(17)6-10/h2-6,8H,7H2,1H3. The summed E-state index contributed by atoms with van der Waals surface area (Å²) in [6, 6.07) is 10.2. The summed E-state index contributed by atoms with van der Waals surface area (Å²) in [6.45, 7) is 1.97. The molecule has 4 heteroatoms. The second-order valence-electron chi connectivity index (χ2n) is 4.31. The number of benzene rings is 2. The molecule has 0 bridgehead atoms. The van der Waals surface area contributed by atoms with Crippen LogP contribution in [0.2, 0.25) is 0 Å². The Morgan fingerprint density at radius 2 is 2.05 bits per heavy atom. The molecule has 0 aliphatic rings. The van der Waals surface area contributed by atoms with Crippen molar-refractivity contribution in [2.75, 3.05) is 0 Å². The van der Waals surface area contributed by atoms with E-state index in [1.54, 1.807) is 6.07 Å². The third kappa shape index (κ3) is 3.63. The van der Waals surface area contributed by atoms with Crippen LogP contribution in [0.5, 0.6) is 0 Å². The molecule has 2 aromatic carbocycles. The molecule has 0 heterocycles. The third-order valence-electron chi connectivity index (χ3n) is 2.78. The van der Waals surface area contributed by atoms with E-state index < -0.39 is 0 Å². The topological polar surface area (TPSA) is 17.1 Å². The average Bonchev–Trinajstić information content (AvgIpc) is 2.31. The van der Waals surface area contributed by atoms with Crippen molar-refractivity contribution in [1.29, 1.82) is 0 Å². The Hall–Kier alpha value is -0.750. The highest BCUT2D eigenvalue weighted by atomic mass is 127. The summed E-state index contributed by atoms with van der Waals surface area (Å²) in [5, 5.41) is 0. The second kappa shape index (κ2) is 6.13. The highest BCUT2D eigenvalue weighted by molar-refractivity contribution is 14.1. The minimum atomic E-state index is -0.337. The van der Waals surface area contributed by atoms with Gasteiger partial charge in [-0.25, -0.2) is 4.39 Å². The van der Waals surface area contributed by atoms with Crippen LogP contribution in [0.4, 0.5) is 4.39 Å². The summed E-state index contributed by atoms with van der Waals surface area (Å²) in [5.74, 6) is -0.332. The van der Waals surface area contributed by atoms with Crippen LogP contribution < -0.4 is 0 Å². The molecule has 1 nitrogen and oxygen atoms in total. The average molecular weight is 433 g/mol. The molecule has 0 saturated heterocycles. The summed E-state index contributed by atoms with van der Waals surface area (Å²) in [5.41, 5.74) is 2.45. The van der Waals surface area contributed by atoms with Crippen molar-refractivity contribution < 1.29 is 9.18 Å². The Kier molecular flexibility index (Phi) is 4.73. The van der Waals surface area contributed by atoms with Crippen LogP contribution in [-0.4, -0.2) is 5.78 Å². The number of hydrogen-bond donors (Lipinski definition) is 0. The molecule has 0 aliphatic heterocycles. The molecule has 2 aromatic rings. The fourth-order valence-corrected chi connectivity index (χ4v) is 3.03. The van der Waals surface area contributed by atoms with E-state index in [2.05, 4.69) is 38.5 Å². The van der Waals surface area contributed by atoms with Crippen molar-refractivity contribution in [3.05, 3.63) is 66.9 Å².